The second-order valence-corrected chi connectivity index (χ2v) is 10.4. The summed E-state index contributed by atoms with van der Waals surface area (Å²) in [7, 11) is -3.83. The van der Waals surface area contributed by atoms with E-state index in [-0.39, 0.29) is 4.90 Å². The molecule has 30 heavy (non-hydrogen) atoms. The highest BCUT2D eigenvalue weighted by Gasteiger charge is 2.45. The summed E-state index contributed by atoms with van der Waals surface area (Å²) in [4.78, 5) is 2.27. The van der Waals surface area contributed by atoms with Gasteiger partial charge in [0.2, 0.25) is 0 Å². The van der Waals surface area contributed by atoms with Crippen LogP contribution in [0.5, 0.6) is 0 Å². The third kappa shape index (κ3) is 3.86. The molecular formula is C22H23N3O3S2. The Morgan fingerprint density at radius 3 is 2.13 bits per heavy atom. The van der Waals surface area contributed by atoms with Gasteiger partial charge >= 0.3 is 0 Å². The summed E-state index contributed by atoms with van der Waals surface area (Å²) in [6, 6.07) is 16.1. The van der Waals surface area contributed by atoms with Crippen LogP contribution in [0, 0.1) is 25.2 Å². The van der Waals surface area contributed by atoms with Gasteiger partial charge in [-0.3, -0.25) is 0 Å². The molecule has 156 valence electrons. The standard InChI is InChI=1S/C22H23N3O3S2/c1-16-3-7-18(8-4-16)21-20(15-23)22(24-11-13-28-14-12-24)29-25(21)30(26,27)19-9-5-17(2)6-10-19/h3-10,21H,11-14H2,1-2H3. The van der Waals surface area contributed by atoms with E-state index in [1.807, 2.05) is 38.1 Å². The van der Waals surface area contributed by atoms with Crippen molar-refractivity contribution in [2.45, 2.75) is 24.8 Å². The number of rotatable bonds is 4. The highest BCUT2D eigenvalue weighted by atomic mass is 32.3. The van der Waals surface area contributed by atoms with Crippen molar-refractivity contribution < 1.29 is 13.2 Å². The Morgan fingerprint density at radius 2 is 1.57 bits per heavy atom. The van der Waals surface area contributed by atoms with Crippen molar-refractivity contribution in [3.05, 3.63) is 75.8 Å². The Hall–Kier alpha value is -2.31. The van der Waals surface area contributed by atoms with Crippen LogP contribution < -0.4 is 0 Å². The fraction of sp³-hybridized carbons (Fsp3) is 0.318. The summed E-state index contributed by atoms with van der Waals surface area (Å²) in [5, 5.41) is 10.7. The second kappa shape index (κ2) is 8.44. The molecule has 6 nitrogen and oxygen atoms in total. The third-order valence-corrected chi connectivity index (χ3v) is 8.67. The quantitative estimate of drug-likeness (QED) is 0.673. The molecule has 1 unspecified atom stereocenters. The lowest BCUT2D eigenvalue weighted by atomic mass is 10.00. The minimum Gasteiger partial charge on any atom is -0.378 e. The Balaban J connectivity index is 1.82. The van der Waals surface area contributed by atoms with Gasteiger partial charge in [0.25, 0.3) is 10.0 Å². The van der Waals surface area contributed by atoms with Crippen LogP contribution in [0.2, 0.25) is 0 Å². The molecule has 1 fully saturated rings. The lowest BCUT2D eigenvalue weighted by molar-refractivity contribution is 0.0574. The van der Waals surface area contributed by atoms with Crippen molar-refractivity contribution in [2.24, 2.45) is 0 Å². The number of aryl methyl sites for hydroxylation is 2. The van der Waals surface area contributed by atoms with Crippen molar-refractivity contribution in [2.75, 3.05) is 26.3 Å². The highest BCUT2D eigenvalue weighted by Crippen LogP contribution is 2.50. The number of sulfonamides is 1. The number of hydrogen-bond acceptors (Lipinski definition) is 6. The summed E-state index contributed by atoms with van der Waals surface area (Å²) < 4.78 is 34.0. The van der Waals surface area contributed by atoms with Crippen LogP contribution in [0.3, 0.4) is 0 Å². The van der Waals surface area contributed by atoms with Gasteiger partial charge in [-0.2, -0.15) is 5.26 Å². The van der Waals surface area contributed by atoms with Crippen LogP contribution in [0.1, 0.15) is 22.7 Å². The minimum absolute atomic E-state index is 0.221. The maximum Gasteiger partial charge on any atom is 0.253 e. The van der Waals surface area contributed by atoms with Crippen LogP contribution in [0.4, 0.5) is 0 Å². The molecular weight excluding hydrogens is 418 g/mol. The van der Waals surface area contributed by atoms with Gasteiger partial charge in [-0.1, -0.05) is 47.5 Å². The molecule has 2 aromatic rings. The predicted molar refractivity (Wildman–Crippen MR) is 117 cm³/mol. The molecule has 0 spiro atoms. The lowest BCUT2D eigenvalue weighted by Gasteiger charge is -2.29. The molecule has 4 rings (SSSR count). The largest absolute Gasteiger partial charge is 0.378 e. The Kier molecular flexibility index (Phi) is 5.89. The van der Waals surface area contributed by atoms with E-state index in [9.17, 15) is 13.7 Å². The Bertz CT molecular complexity index is 1100. The molecule has 0 radical (unpaired) electrons. The number of morpholine rings is 1. The summed E-state index contributed by atoms with van der Waals surface area (Å²) in [5.41, 5.74) is 3.31. The van der Waals surface area contributed by atoms with Crippen molar-refractivity contribution in [3.63, 3.8) is 0 Å². The van der Waals surface area contributed by atoms with Crippen molar-refractivity contribution in [1.82, 2.24) is 8.61 Å². The predicted octanol–water partition coefficient (Wildman–Crippen LogP) is 3.76. The van der Waals surface area contributed by atoms with Gasteiger partial charge < -0.3 is 9.64 Å². The molecule has 0 saturated carbocycles. The van der Waals surface area contributed by atoms with E-state index < -0.39 is 16.1 Å². The molecule has 0 aliphatic carbocycles. The van der Waals surface area contributed by atoms with Gasteiger partial charge in [0, 0.05) is 13.1 Å². The molecule has 8 heteroatoms. The Labute approximate surface area is 181 Å². The average molecular weight is 442 g/mol. The van der Waals surface area contributed by atoms with Crippen LogP contribution >= 0.6 is 11.9 Å². The normalized spacial score (nSPS) is 20.4. The van der Waals surface area contributed by atoms with Gasteiger partial charge in [0.1, 0.15) is 5.03 Å². The van der Waals surface area contributed by atoms with Crippen LogP contribution in [-0.2, 0) is 14.8 Å². The number of nitriles is 1. The van der Waals surface area contributed by atoms with Gasteiger partial charge in [0.15, 0.2) is 0 Å². The number of nitrogens with zero attached hydrogens (tertiary/aromatic N) is 3. The molecule has 0 amide bonds. The number of hydrogen-bond donors (Lipinski definition) is 0. The van der Waals surface area contributed by atoms with E-state index in [1.165, 1.54) is 3.71 Å². The zero-order valence-corrected chi connectivity index (χ0v) is 18.5. The topological polar surface area (TPSA) is 73.6 Å². The van der Waals surface area contributed by atoms with Crippen LogP contribution in [-0.4, -0.2) is 43.3 Å². The molecule has 1 atom stereocenters. The van der Waals surface area contributed by atoms with Crippen LogP contribution in [0.15, 0.2) is 64.0 Å². The summed E-state index contributed by atoms with van der Waals surface area (Å²) in [6.45, 7) is 6.28. The van der Waals surface area contributed by atoms with Gasteiger partial charge in [0.05, 0.1) is 35.8 Å². The molecule has 2 aliphatic heterocycles. The summed E-state index contributed by atoms with van der Waals surface area (Å²) in [5.74, 6) is 0. The van der Waals surface area contributed by atoms with E-state index in [0.29, 0.717) is 36.9 Å². The van der Waals surface area contributed by atoms with Crippen molar-refractivity contribution >= 4 is 22.0 Å². The molecule has 0 aromatic heterocycles. The maximum atomic E-state index is 13.6. The van der Waals surface area contributed by atoms with Crippen molar-refractivity contribution in [1.29, 1.82) is 5.26 Å². The first-order chi connectivity index (χ1) is 14.4. The minimum atomic E-state index is -3.83. The fourth-order valence-corrected chi connectivity index (χ4v) is 6.66. The van der Waals surface area contributed by atoms with Crippen molar-refractivity contribution in [3.8, 4) is 6.07 Å². The fourth-order valence-electron chi connectivity index (χ4n) is 3.55. The first kappa shape index (κ1) is 20.9. The van der Waals surface area contributed by atoms with E-state index in [2.05, 4.69) is 11.0 Å². The van der Waals surface area contributed by atoms with Gasteiger partial charge in [-0.15, -0.1) is 3.71 Å². The monoisotopic (exact) mass is 441 g/mol. The van der Waals surface area contributed by atoms with Gasteiger partial charge in [-0.25, -0.2) is 8.42 Å². The first-order valence-corrected chi connectivity index (χ1v) is 12.0. The van der Waals surface area contributed by atoms with Gasteiger partial charge in [-0.05, 0) is 43.5 Å². The zero-order valence-electron chi connectivity index (χ0n) is 16.9. The summed E-state index contributed by atoms with van der Waals surface area (Å²) >= 11 is 1.14. The Morgan fingerprint density at radius 1 is 1.00 bits per heavy atom. The van der Waals surface area contributed by atoms with E-state index >= 15 is 0 Å². The first-order valence-electron chi connectivity index (χ1n) is 9.74. The highest BCUT2D eigenvalue weighted by molar-refractivity contribution is 8.11. The van der Waals surface area contributed by atoms with E-state index in [4.69, 9.17) is 4.74 Å². The zero-order chi connectivity index (χ0) is 21.3. The van der Waals surface area contributed by atoms with Crippen LogP contribution in [0.25, 0.3) is 0 Å². The molecule has 0 N–H and O–H groups in total. The molecule has 2 aromatic carbocycles. The van der Waals surface area contributed by atoms with E-state index in [0.717, 1.165) is 28.6 Å². The molecule has 2 heterocycles. The lowest BCUT2D eigenvalue weighted by Crippen LogP contribution is -2.35. The molecule has 2 aliphatic rings. The maximum absolute atomic E-state index is 13.6. The molecule has 0 bridgehead atoms. The third-order valence-electron chi connectivity index (χ3n) is 5.26. The number of benzene rings is 2. The smallest absolute Gasteiger partial charge is 0.253 e. The summed E-state index contributed by atoms with van der Waals surface area (Å²) in [6.07, 6.45) is 0. The SMILES string of the molecule is Cc1ccc(C2C(C#N)=C(N3CCOCC3)SN2S(=O)(=O)c2ccc(C)cc2)cc1. The number of ether oxygens (including phenoxy) is 1. The second-order valence-electron chi connectivity index (χ2n) is 7.41. The van der Waals surface area contributed by atoms with E-state index in [1.54, 1.807) is 24.3 Å². The molecule has 1 saturated heterocycles. The average Bonchev–Trinajstić information content (AvgIpc) is 3.16.